The van der Waals surface area contributed by atoms with Crippen LogP contribution < -0.4 is 4.74 Å². The van der Waals surface area contributed by atoms with Crippen molar-refractivity contribution < 1.29 is 14.6 Å². The summed E-state index contributed by atoms with van der Waals surface area (Å²) >= 11 is 0. The fourth-order valence-electron chi connectivity index (χ4n) is 2.25. The molecule has 26 heavy (non-hydrogen) atoms. The van der Waals surface area contributed by atoms with Crippen molar-refractivity contribution in [1.82, 2.24) is 0 Å². The van der Waals surface area contributed by atoms with Gasteiger partial charge >= 0.3 is 11.4 Å². The normalized spacial score (nSPS) is 10.0. The van der Waals surface area contributed by atoms with Crippen LogP contribution in [0.3, 0.4) is 0 Å². The number of unbranched alkanes of at least 4 members (excludes halogenated alkanes) is 1. The highest BCUT2D eigenvalue weighted by atomic mass is 16.6. The summed E-state index contributed by atoms with van der Waals surface area (Å²) in [4.78, 5) is 21.0. The molecule has 0 amide bonds. The van der Waals surface area contributed by atoms with Gasteiger partial charge in [-0.25, -0.2) is 0 Å². The van der Waals surface area contributed by atoms with E-state index in [4.69, 9.17) is 4.74 Å². The van der Waals surface area contributed by atoms with Gasteiger partial charge in [0.25, 0.3) is 5.75 Å². The summed E-state index contributed by atoms with van der Waals surface area (Å²) in [5.74, 6) is -0.247. The van der Waals surface area contributed by atoms with Crippen LogP contribution in [-0.4, -0.2) is 16.0 Å². The number of nitrogens with zero attached hydrogens (tertiary/aromatic N) is 2. The Morgan fingerprint density at radius 3 is 1.88 bits per heavy atom. The van der Waals surface area contributed by atoms with E-state index >= 15 is 0 Å². The topological polar surface area (TPSA) is 95.5 Å². The van der Waals surface area contributed by atoms with Crippen molar-refractivity contribution in [3.63, 3.8) is 0 Å². The van der Waals surface area contributed by atoms with Crippen LogP contribution in [0.5, 0.6) is 5.75 Å². The first-order valence-corrected chi connectivity index (χ1v) is 8.49. The van der Waals surface area contributed by atoms with Crippen molar-refractivity contribution in [1.29, 1.82) is 0 Å². The van der Waals surface area contributed by atoms with Crippen LogP contribution in [0.25, 0.3) is 0 Å². The number of nitro groups is 2. The lowest BCUT2D eigenvalue weighted by Gasteiger charge is -2.12. The standard InChI is InChI=1S/C13H18N2O5.C6H6/c1-4-5-6-10-7-8-11(14(16)17)13(20-9(2)3)12(10)15(18)19;1-2-4-6-5-3-1/h7-9H,4-6H2,1-3H3;1-6H. The van der Waals surface area contributed by atoms with Crippen LogP contribution in [0.1, 0.15) is 39.2 Å². The number of rotatable bonds is 7. The summed E-state index contributed by atoms with van der Waals surface area (Å²) in [7, 11) is 0. The van der Waals surface area contributed by atoms with Crippen LogP contribution in [0.15, 0.2) is 48.5 Å². The zero-order valence-electron chi connectivity index (χ0n) is 15.3. The lowest BCUT2D eigenvalue weighted by atomic mass is 10.0. The molecule has 0 heterocycles. The molecule has 0 bridgehead atoms. The molecule has 2 aromatic carbocycles. The van der Waals surface area contributed by atoms with Crippen molar-refractivity contribution in [2.24, 2.45) is 0 Å². The van der Waals surface area contributed by atoms with Crippen molar-refractivity contribution in [3.05, 3.63) is 74.3 Å². The van der Waals surface area contributed by atoms with E-state index in [1.54, 1.807) is 13.8 Å². The largest absolute Gasteiger partial charge is 0.479 e. The Kier molecular flexibility index (Phi) is 8.77. The van der Waals surface area contributed by atoms with Gasteiger partial charge in [-0.2, -0.15) is 0 Å². The summed E-state index contributed by atoms with van der Waals surface area (Å²) in [6.07, 6.45) is 1.78. The predicted octanol–water partition coefficient (Wildman–Crippen LogP) is 5.32. The average Bonchev–Trinajstić information content (AvgIpc) is 2.60. The maximum Gasteiger partial charge on any atom is 0.321 e. The molecule has 0 saturated carbocycles. The van der Waals surface area contributed by atoms with Gasteiger partial charge in [-0.15, -0.1) is 0 Å². The molecule has 0 spiro atoms. The zero-order valence-corrected chi connectivity index (χ0v) is 15.3. The van der Waals surface area contributed by atoms with Gasteiger partial charge in [0.15, 0.2) is 0 Å². The average molecular weight is 360 g/mol. The third-order valence-corrected chi connectivity index (χ3v) is 3.39. The first-order chi connectivity index (χ1) is 12.4. The number of hydrogen-bond donors (Lipinski definition) is 0. The third kappa shape index (κ3) is 6.51. The highest BCUT2D eigenvalue weighted by Gasteiger charge is 2.30. The Balaban J connectivity index is 0.000000472. The third-order valence-electron chi connectivity index (χ3n) is 3.39. The molecule has 7 nitrogen and oxygen atoms in total. The molecule has 0 aliphatic rings. The van der Waals surface area contributed by atoms with Gasteiger partial charge in [0.05, 0.1) is 16.0 Å². The van der Waals surface area contributed by atoms with Crippen molar-refractivity contribution >= 4 is 11.4 Å². The van der Waals surface area contributed by atoms with Crippen molar-refractivity contribution in [2.75, 3.05) is 0 Å². The molecular weight excluding hydrogens is 336 g/mol. The van der Waals surface area contributed by atoms with Gasteiger partial charge in [-0.1, -0.05) is 49.7 Å². The first kappa shape index (κ1) is 21.1. The summed E-state index contributed by atoms with van der Waals surface area (Å²) in [5.41, 5.74) is -0.190. The van der Waals surface area contributed by atoms with Gasteiger partial charge in [0, 0.05) is 11.6 Å². The minimum Gasteiger partial charge on any atom is -0.479 e. The molecule has 0 unspecified atom stereocenters. The monoisotopic (exact) mass is 360 g/mol. The summed E-state index contributed by atoms with van der Waals surface area (Å²) in [5, 5.41) is 22.3. The molecule has 0 radical (unpaired) electrons. The van der Waals surface area contributed by atoms with Crippen molar-refractivity contribution in [3.8, 4) is 5.75 Å². The Labute approximate surface area is 152 Å². The Morgan fingerprint density at radius 1 is 0.962 bits per heavy atom. The Bertz CT molecular complexity index is 691. The predicted molar refractivity (Wildman–Crippen MR) is 101 cm³/mol. The van der Waals surface area contributed by atoms with E-state index in [9.17, 15) is 20.2 Å². The van der Waals surface area contributed by atoms with Gasteiger partial charge < -0.3 is 4.74 Å². The first-order valence-electron chi connectivity index (χ1n) is 8.49. The fraction of sp³-hybridized carbons (Fsp3) is 0.368. The number of ether oxygens (including phenoxy) is 1. The molecule has 0 N–H and O–H groups in total. The van der Waals surface area contributed by atoms with Gasteiger partial charge in [-0.05, 0) is 32.8 Å². The highest BCUT2D eigenvalue weighted by Crippen LogP contribution is 2.40. The molecule has 0 saturated heterocycles. The Hall–Kier alpha value is -2.96. The second-order valence-corrected chi connectivity index (χ2v) is 5.86. The van der Waals surface area contributed by atoms with E-state index in [2.05, 4.69) is 0 Å². The number of benzene rings is 2. The van der Waals surface area contributed by atoms with Crippen LogP contribution in [0, 0.1) is 20.2 Å². The molecule has 0 aromatic heterocycles. The van der Waals surface area contributed by atoms with E-state index in [0.29, 0.717) is 12.0 Å². The van der Waals surface area contributed by atoms with Gasteiger partial charge in [0.2, 0.25) is 0 Å². The highest BCUT2D eigenvalue weighted by molar-refractivity contribution is 5.64. The number of hydrogen-bond acceptors (Lipinski definition) is 5. The molecule has 140 valence electrons. The van der Waals surface area contributed by atoms with E-state index in [-0.39, 0.29) is 23.2 Å². The summed E-state index contributed by atoms with van der Waals surface area (Å²) < 4.78 is 5.34. The molecule has 7 heteroatoms. The Morgan fingerprint density at radius 2 is 1.50 bits per heavy atom. The van der Waals surface area contributed by atoms with E-state index in [0.717, 1.165) is 12.8 Å². The molecule has 0 fully saturated rings. The van der Waals surface area contributed by atoms with Gasteiger partial charge in [-0.3, -0.25) is 20.2 Å². The summed E-state index contributed by atoms with van der Waals surface area (Å²) in [6, 6.07) is 14.7. The molecule has 0 aliphatic heterocycles. The maximum absolute atomic E-state index is 11.3. The van der Waals surface area contributed by atoms with E-state index < -0.39 is 9.85 Å². The van der Waals surface area contributed by atoms with E-state index in [1.165, 1.54) is 12.1 Å². The zero-order chi connectivity index (χ0) is 19.5. The van der Waals surface area contributed by atoms with Crippen molar-refractivity contribution in [2.45, 2.75) is 46.1 Å². The molecular formula is C19H24N2O5. The van der Waals surface area contributed by atoms with Crippen LogP contribution >= 0.6 is 0 Å². The van der Waals surface area contributed by atoms with Crippen LogP contribution in [0.2, 0.25) is 0 Å². The number of nitro benzene ring substituents is 2. The SMILES string of the molecule is CCCCc1ccc([N+](=O)[O-])c(OC(C)C)c1[N+](=O)[O-].c1ccccc1. The minimum absolute atomic E-state index is 0.247. The molecule has 2 aromatic rings. The number of aryl methyl sites for hydroxylation is 1. The summed E-state index contributed by atoms with van der Waals surface area (Å²) in [6.45, 7) is 5.32. The smallest absolute Gasteiger partial charge is 0.321 e. The molecule has 0 atom stereocenters. The fourth-order valence-corrected chi connectivity index (χ4v) is 2.25. The maximum atomic E-state index is 11.3. The van der Waals surface area contributed by atoms with Crippen LogP contribution in [-0.2, 0) is 6.42 Å². The molecule has 2 rings (SSSR count). The lowest BCUT2D eigenvalue weighted by molar-refractivity contribution is -0.396. The lowest BCUT2D eigenvalue weighted by Crippen LogP contribution is -2.11. The second-order valence-electron chi connectivity index (χ2n) is 5.86. The quantitative estimate of drug-likeness (QED) is 0.492. The van der Waals surface area contributed by atoms with E-state index in [1.807, 2.05) is 43.3 Å². The molecule has 0 aliphatic carbocycles. The van der Waals surface area contributed by atoms with Crippen LogP contribution in [0.4, 0.5) is 11.4 Å². The van der Waals surface area contributed by atoms with Gasteiger partial charge in [0.1, 0.15) is 0 Å². The minimum atomic E-state index is -0.658. The second kappa shape index (κ2) is 10.8.